The Hall–Kier alpha value is -4.62. The molecule has 0 aliphatic carbocycles. The van der Waals surface area contributed by atoms with Crippen molar-refractivity contribution in [2.45, 2.75) is 17.8 Å². The Morgan fingerprint density at radius 2 is 0.864 bits per heavy atom. The van der Waals surface area contributed by atoms with E-state index in [0.29, 0.717) is 39.9 Å². The SMILES string of the molecule is Fc1c[c-]c(C2c3cccc(n3)C(c3ccccn3)c3cccc(n3)C(c3[c-]cc(F)cc3F)c3cccc2n3)c(F)c1.[Ru+2]. The molecule has 7 rings (SSSR count). The van der Waals surface area contributed by atoms with Gasteiger partial charge in [-0.2, -0.15) is 12.1 Å². The summed E-state index contributed by atoms with van der Waals surface area (Å²) in [6, 6.07) is 30.7. The van der Waals surface area contributed by atoms with Crippen molar-refractivity contribution in [1.29, 1.82) is 0 Å². The van der Waals surface area contributed by atoms with Crippen LogP contribution in [0.25, 0.3) is 0 Å². The summed E-state index contributed by atoms with van der Waals surface area (Å²) in [7, 11) is 0. The van der Waals surface area contributed by atoms with Crippen LogP contribution < -0.4 is 0 Å². The molecule has 1 aliphatic heterocycles. The third-order valence-electron chi connectivity index (χ3n) is 7.49. The molecule has 9 heteroatoms. The van der Waals surface area contributed by atoms with E-state index in [9.17, 15) is 8.78 Å². The van der Waals surface area contributed by atoms with Crippen molar-refractivity contribution in [2.24, 2.45) is 0 Å². The molecule has 216 valence electrons. The summed E-state index contributed by atoms with van der Waals surface area (Å²) in [5.41, 5.74) is 3.57. The van der Waals surface area contributed by atoms with Crippen molar-refractivity contribution in [3.63, 3.8) is 0 Å². The minimum Gasteiger partial charge on any atom is -0.284 e. The standard InChI is InChI=1S/C35H20F4N4.Ru/c36-20-13-15-22(24(38)18-20)33-27-7-3-8-28(41-27)34(23-16-14-21(37)19-25(23)39)30-10-5-12-32(43-30)35(26-6-1-2-17-40-26)31-11-4-9-29(33)42-31;/h1-14,17-19,33-35H;/q-2;+2. The third kappa shape index (κ3) is 5.44. The zero-order valence-corrected chi connectivity index (χ0v) is 24.4. The van der Waals surface area contributed by atoms with E-state index < -0.39 is 41.0 Å². The van der Waals surface area contributed by atoms with Crippen molar-refractivity contribution in [3.8, 4) is 0 Å². The fraction of sp³-hybridized carbons (Fsp3) is 0.0857. The number of halogens is 4. The van der Waals surface area contributed by atoms with Gasteiger partial charge in [0.05, 0.1) is 45.8 Å². The van der Waals surface area contributed by atoms with E-state index in [0.717, 1.165) is 24.3 Å². The van der Waals surface area contributed by atoms with E-state index in [1.54, 1.807) is 42.6 Å². The average Bonchev–Trinajstić information content (AvgIpc) is 3.01. The summed E-state index contributed by atoms with van der Waals surface area (Å²) >= 11 is 0. The summed E-state index contributed by atoms with van der Waals surface area (Å²) in [4.78, 5) is 19.4. The van der Waals surface area contributed by atoms with Gasteiger partial charge in [0.15, 0.2) is 0 Å². The zero-order chi connectivity index (χ0) is 29.5. The fourth-order valence-corrected chi connectivity index (χ4v) is 5.62. The molecule has 2 atom stereocenters. The van der Waals surface area contributed by atoms with Gasteiger partial charge in [0, 0.05) is 41.3 Å². The first kappa shape index (κ1) is 29.5. The Morgan fingerprint density at radius 1 is 0.477 bits per heavy atom. The molecule has 0 saturated carbocycles. The van der Waals surface area contributed by atoms with Gasteiger partial charge in [-0.15, -0.1) is 35.4 Å². The van der Waals surface area contributed by atoms with Gasteiger partial charge in [0.1, 0.15) is 0 Å². The summed E-state index contributed by atoms with van der Waals surface area (Å²) in [5, 5.41) is 0. The Labute approximate surface area is 263 Å². The summed E-state index contributed by atoms with van der Waals surface area (Å²) in [5.74, 6) is -5.47. The Balaban J connectivity index is 0.00000343. The van der Waals surface area contributed by atoms with Crippen LogP contribution in [0.5, 0.6) is 0 Å². The van der Waals surface area contributed by atoms with Gasteiger partial charge in [-0.1, -0.05) is 24.3 Å². The normalized spacial score (nSPS) is 17.1. The Bertz CT molecular complexity index is 1850. The smallest absolute Gasteiger partial charge is 0.284 e. The molecule has 1 aliphatic rings. The summed E-state index contributed by atoms with van der Waals surface area (Å²) in [6.45, 7) is 0. The molecular formula is C35H20F4N4Ru. The van der Waals surface area contributed by atoms with Gasteiger partial charge in [-0.3, -0.25) is 37.5 Å². The molecule has 6 aromatic rings. The maximum Gasteiger partial charge on any atom is 2.00 e. The number of pyridine rings is 4. The molecule has 0 spiro atoms. The summed E-state index contributed by atoms with van der Waals surface area (Å²) in [6.07, 6.45) is 1.67. The van der Waals surface area contributed by atoms with Crippen molar-refractivity contribution < 1.29 is 37.0 Å². The van der Waals surface area contributed by atoms with Crippen LogP contribution in [-0.2, 0) is 19.5 Å². The monoisotopic (exact) mass is 674 g/mol. The molecule has 5 heterocycles. The van der Waals surface area contributed by atoms with Crippen LogP contribution in [0.4, 0.5) is 17.6 Å². The van der Waals surface area contributed by atoms with E-state index >= 15 is 8.78 Å². The minimum absolute atomic E-state index is 0. The largest absolute Gasteiger partial charge is 2.00 e. The second-order valence-electron chi connectivity index (χ2n) is 10.2. The quantitative estimate of drug-likeness (QED) is 0.113. The average molecular weight is 674 g/mol. The molecule has 0 radical (unpaired) electrons. The number of hydrogen-bond donors (Lipinski definition) is 0. The van der Waals surface area contributed by atoms with E-state index in [2.05, 4.69) is 17.1 Å². The first-order chi connectivity index (χ1) is 21.0. The van der Waals surface area contributed by atoms with Crippen molar-refractivity contribution in [3.05, 3.63) is 190 Å². The van der Waals surface area contributed by atoms with Crippen molar-refractivity contribution in [2.75, 3.05) is 0 Å². The van der Waals surface area contributed by atoms with E-state index in [1.165, 1.54) is 0 Å². The molecule has 4 nitrogen and oxygen atoms in total. The molecule has 0 fully saturated rings. The molecule has 0 saturated heterocycles. The van der Waals surface area contributed by atoms with Crippen LogP contribution in [-0.4, -0.2) is 19.9 Å². The number of rotatable bonds is 3. The maximum absolute atomic E-state index is 15.4. The number of aromatic nitrogens is 4. The third-order valence-corrected chi connectivity index (χ3v) is 7.49. The molecule has 44 heavy (non-hydrogen) atoms. The van der Waals surface area contributed by atoms with Crippen LogP contribution in [0.3, 0.4) is 0 Å². The molecule has 6 bridgehead atoms. The van der Waals surface area contributed by atoms with Gasteiger partial charge < -0.3 is 0 Å². The number of hydrogen-bond acceptors (Lipinski definition) is 4. The zero-order valence-electron chi connectivity index (χ0n) is 22.7. The van der Waals surface area contributed by atoms with Crippen LogP contribution in [0.1, 0.15) is 68.7 Å². The predicted molar refractivity (Wildman–Crippen MR) is 150 cm³/mol. The Kier molecular flexibility index (Phi) is 8.15. The van der Waals surface area contributed by atoms with Crippen LogP contribution in [0.2, 0.25) is 0 Å². The molecule has 2 unspecified atom stereocenters. The van der Waals surface area contributed by atoms with E-state index in [1.807, 2.05) is 36.4 Å². The van der Waals surface area contributed by atoms with Gasteiger partial charge >= 0.3 is 19.5 Å². The maximum atomic E-state index is 15.4. The van der Waals surface area contributed by atoms with Crippen LogP contribution >= 0.6 is 0 Å². The first-order valence-electron chi connectivity index (χ1n) is 13.5. The van der Waals surface area contributed by atoms with Crippen LogP contribution in [0, 0.1) is 35.4 Å². The number of benzene rings is 2. The molecule has 4 aromatic heterocycles. The second-order valence-corrected chi connectivity index (χ2v) is 10.2. The minimum atomic E-state index is -0.890. The van der Waals surface area contributed by atoms with Crippen molar-refractivity contribution >= 4 is 0 Å². The van der Waals surface area contributed by atoms with E-state index in [-0.39, 0.29) is 30.6 Å². The second kappa shape index (κ2) is 12.2. The van der Waals surface area contributed by atoms with Gasteiger partial charge in [-0.25, -0.2) is 0 Å². The topological polar surface area (TPSA) is 51.6 Å². The van der Waals surface area contributed by atoms with Crippen LogP contribution in [0.15, 0.2) is 103 Å². The van der Waals surface area contributed by atoms with Gasteiger partial charge in [-0.05, 0) is 48.5 Å². The van der Waals surface area contributed by atoms with Gasteiger partial charge in [0.25, 0.3) is 0 Å². The number of nitrogens with zero attached hydrogens (tertiary/aromatic N) is 4. The predicted octanol–water partition coefficient (Wildman–Crippen LogP) is 7.27. The molecule has 0 amide bonds. The van der Waals surface area contributed by atoms with Crippen molar-refractivity contribution in [1.82, 2.24) is 19.9 Å². The molecule has 0 N–H and O–H groups in total. The number of fused-ring (bicyclic) bond motifs is 6. The van der Waals surface area contributed by atoms with Gasteiger partial charge in [0.2, 0.25) is 0 Å². The molecular weight excluding hydrogens is 653 g/mol. The molecule has 2 aromatic carbocycles. The fourth-order valence-electron chi connectivity index (χ4n) is 5.62. The Morgan fingerprint density at radius 3 is 1.23 bits per heavy atom. The van der Waals surface area contributed by atoms with E-state index in [4.69, 9.17) is 15.0 Å². The summed E-state index contributed by atoms with van der Waals surface area (Å²) < 4.78 is 58.8. The first-order valence-corrected chi connectivity index (χ1v) is 13.5.